The first kappa shape index (κ1) is 29.5. The minimum Gasteiger partial charge on any atom is -0.338 e. The molecule has 3 nitrogen and oxygen atoms in total. The van der Waals surface area contributed by atoms with Crippen molar-refractivity contribution in [2.45, 2.75) is 54.5 Å². The van der Waals surface area contributed by atoms with Crippen molar-refractivity contribution in [2.24, 2.45) is 0 Å². The summed E-state index contributed by atoms with van der Waals surface area (Å²) in [5.74, 6) is -31.6. The lowest BCUT2D eigenvalue weighted by Gasteiger charge is -2.41. The van der Waals surface area contributed by atoms with Gasteiger partial charge in [0.15, 0.2) is 0 Å². The smallest absolute Gasteiger partial charge is 0.338 e. The molecule has 0 aliphatic heterocycles. The van der Waals surface area contributed by atoms with Crippen molar-refractivity contribution in [2.75, 3.05) is 0 Å². The van der Waals surface area contributed by atoms with Crippen LogP contribution in [-0.2, 0) is 9.47 Å². The largest absolute Gasteiger partial charge is 0.462 e. The van der Waals surface area contributed by atoms with Crippen molar-refractivity contribution < 1.29 is 98.0 Å². The predicted octanol–water partition coefficient (Wildman–Crippen LogP) is 5.44. The number of aliphatic hydroxyl groups is 1. The first-order valence-electron chi connectivity index (χ1n) is 6.13. The summed E-state index contributed by atoms with van der Waals surface area (Å²) in [5, 5.41) is 8.53. The lowest BCUT2D eigenvalue weighted by Crippen LogP contribution is -2.69. The predicted molar refractivity (Wildman–Crippen MR) is 50.0 cm³/mol. The number of ether oxygens (including phenoxy) is 2. The van der Waals surface area contributed by atoms with Gasteiger partial charge >= 0.3 is 54.5 Å². The second kappa shape index (κ2) is 7.28. The minimum absolute atomic E-state index is 1.33. The Labute approximate surface area is 154 Å². The van der Waals surface area contributed by atoms with Crippen LogP contribution in [0.1, 0.15) is 0 Å². The maximum absolute atomic E-state index is 13.1. The highest BCUT2D eigenvalue weighted by molar-refractivity contribution is 4.94. The summed E-state index contributed by atoms with van der Waals surface area (Å²) in [6.45, 7) is 0. The van der Waals surface area contributed by atoms with Crippen LogP contribution in [-0.4, -0.2) is 59.6 Å². The van der Waals surface area contributed by atoms with Crippen LogP contribution in [0.4, 0.5) is 83.4 Å². The van der Waals surface area contributed by atoms with Gasteiger partial charge in [-0.15, -0.1) is 0 Å². The molecule has 0 unspecified atom stereocenters. The van der Waals surface area contributed by atoms with Crippen molar-refractivity contribution in [3.05, 3.63) is 0 Å². The zero-order chi connectivity index (χ0) is 25.9. The molecular weight excluding hydrogens is 517 g/mol. The van der Waals surface area contributed by atoms with Crippen LogP contribution in [0.3, 0.4) is 0 Å². The first-order chi connectivity index (χ1) is 12.9. The highest BCUT2D eigenvalue weighted by Crippen LogP contribution is 2.56. The number of hydrogen-bond acceptors (Lipinski definition) is 3. The van der Waals surface area contributed by atoms with Crippen molar-refractivity contribution in [3.8, 4) is 0 Å². The van der Waals surface area contributed by atoms with E-state index in [-0.39, 0.29) is 0 Å². The highest BCUT2D eigenvalue weighted by atomic mass is 19.4. The van der Waals surface area contributed by atoms with E-state index in [1.54, 1.807) is 0 Å². The third-order valence-corrected chi connectivity index (χ3v) is 2.73. The molecule has 0 saturated heterocycles. The number of rotatable bonds is 7. The van der Waals surface area contributed by atoms with E-state index in [4.69, 9.17) is 5.11 Å². The molecule has 0 heterocycles. The Morgan fingerprint density at radius 2 is 0.548 bits per heavy atom. The van der Waals surface area contributed by atoms with Crippen LogP contribution in [0.5, 0.6) is 0 Å². The monoisotopic (exact) mass is 518 g/mol. The molecule has 0 aromatic rings. The molecule has 0 aliphatic carbocycles. The molecule has 0 rings (SSSR count). The van der Waals surface area contributed by atoms with E-state index in [1.165, 1.54) is 9.47 Å². The van der Waals surface area contributed by atoms with Crippen molar-refractivity contribution in [3.63, 3.8) is 0 Å². The molecular formula is C9HF19O3. The van der Waals surface area contributed by atoms with Gasteiger partial charge in [-0.1, -0.05) is 0 Å². The fourth-order valence-corrected chi connectivity index (χ4v) is 1.13. The fraction of sp³-hybridized carbons (Fsp3) is 1.00. The molecule has 0 aromatic carbocycles. The van der Waals surface area contributed by atoms with Crippen LogP contribution in [0, 0.1) is 0 Å². The fourth-order valence-electron chi connectivity index (χ4n) is 1.13. The van der Waals surface area contributed by atoms with Gasteiger partial charge in [-0.05, 0) is 0 Å². The normalized spacial score (nSPS) is 16.6. The van der Waals surface area contributed by atoms with E-state index in [9.17, 15) is 83.4 Å². The Morgan fingerprint density at radius 1 is 0.355 bits per heavy atom. The summed E-state index contributed by atoms with van der Waals surface area (Å²) in [7, 11) is 0. The van der Waals surface area contributed by atoms with E-state index in [0.29, 0.717) is 0 Å². The molecule has 0 atom stereocenters. The Bertz CT molecular complexity index is 599. The van der Waals surface area contributed by atoms with E-state index >= 15 is 0 Å². The molecule has 31 heavy (non-hydrogen) atoms. The quantitative estimate of drug-likeness (QED) is 0.361. The average molecular weight is 518 g/mol. The zero-order valence-corrected chi connectivity index (χ0v) is 12.9. The maximum Gasteiger partial charge on any atom is 0.462 e. The standard InChI is InChI=1S/C9HF19O3/c10-1(11,4(16,17)18)7(25,26)30-9(29,3(14,15)6(22,23)24)31-8(27,28)2(12,13)5(19,20)21/h29H. The highest BCUT2D eigenvalue weighted by Gasteiger charge is 2.85. The molecule has 188 valence electrons. The minimum atomic E-state index is -8.06. The molecule has 0 radical (unpaired) electrons. The van der Waals surface area contributed by atoms with E-state index in [2.05, 4.69) is 0 Å². The Hall–Kier alpha value is -1.45. The Kier molecular flexibility index (Phi) is 6.94. The van der Waals surface area contributed by atoms with Crippen molar-refractivity contribution in [1.82, 2.24) is 0 Å². The Morgan fingerprint density at radius 3 is 0.710 bits per heavy atom. The summed E-state index contributed by atoms with van der Waals surface area (Å²) < 4.78 is 238. The lowest BCUT2D eigenvalue weighted by atomic mass is 10.2. The Balaban J connectivity index is 6.77. The topological polar surface area (TPSA) is 38.7 Å². The molecule has 1 N–H and O–H groups in total. The van der Waals surface area contributed by atoms with Crippen LogP contribution < -0.4 is 0 Å². The van der Waals surface area contributed by atoms with Gasteiger partial charge in [0.05, 0.1) is 0 Å². The molecule has 0 aromatic heterocycles. The van der Waals surface area contributed by atoms with Crippen LogP contribution in [0.15, 0.2) is 0 Å². The van der Waals surface area contributed by atoms with Gasteiger partial charge < -0.3 is 5.11 Å². The lowest BCUT2D eigenvalue weighted by molar-refractivity contribution is -0.596. The van der Waals surface area contributed by atoms with Gasteiger partial charge in [0.2, 0.25) is 0 Å². The summed E-state index contributed by atoms with van der Waals surface area (Å²) in [6, 6.07) is 0. The van der Waals surface area contributed by atoms with Crippen LogP contribution >= 0.6 is 0 Å². The van der Waals surface area contributed by atoms with E-state index in [1.807, 2.05) is 0 Å². The van der Waals surface area contributed by atoms with Crippen molar-refractivity contribution in [1.29, 1.82) is 0 Å². The average Bonchev–Trinajstić information content (AvgIpc) is 2.41. The van der Waals surface area contributed by atoms with Gasteiger partial charge in [0.1, 0.15) is 0 Å². The number of hydrogen-bond donors (Lipinski definition) is 1. The van der Waals surface area contributed by atoms with Gasteiger partial charge in [-0.25, -0.2) is 0 Å². The second-order valence-electron chi connectivity index (χ2n) is 5.04. The second-order valence-corrected chi connectivity index (χ2v) is 5.04. The van der Waals surface area contributed by atoms with E-state index < -0.39 is 54.5 Å². The van der Waals surface area contributed by atoms with Crippen molar-refractivity contribution >= 4 is 0 Å². The first-order valence-corrected chi connectivity index (χ1v) is 6.13. The molecule has 0 fully saturated rings. The molecule has 22 heteroatoms. The number of halogens is 19. The molecule has 0 saturated carbocycles. The number of alkyl halides is 19. The molecule has 0 bridgehead atoms. The third kappa shape index (κ3) is 4.83. The van der Waals surface area contributed by atoms with E-state index in [0.717, 1.165) is 0 Å². The zero-order valence-electron chi connectivity index (χ0n) is 12.9. The van der Waals surface area contributed by atoms with Gasteiger partial charge in [-0.3, -0.25) is 9.47 Å². The maximum atomic E-state index is 13.1. The van der Waals surface area contributed by atoms with Gasteiger partial charge in [0, 0.05) is 0 Å². The molecule has 0 aliphatic rings. The van der Waals surface area contributed by atoms with Crippen LogP contribution in [0.2, 0.25) is 0 Å². The SMILES string of the molecule is OC(OC(F)(F)C(F)(F)C(F)(F)F)(OC(F)(F)C(F)(F)C(F)(F)F)C(F)(F)C(F)(F)F. The third-order valence-electron chi connectivity index (χ3n) is 2.73. The summed E-state index contributed by atoms with van der Waals surface area (Å²) in [5.41, 5.74) is 0. The summed E-state index contributed by atoms with van der Waals surface area (Å²) in [4.78, 5) is 0. The molecule has 0 spiro atoms. The van der Waals surface area contributed by atoms with Gasteiger partial charge in [-0.2, -0.15) is 83.4 Å². The van der Waals surface area contributed by atoms with Crippen LogP contribution in [0.25, 0.3) is 0 Å². The summed E-state index contributed by atoms with van der Waals surface area (Å²) in [6.07, 6.45) is -39.1. The van der Waals surface area contributed by atoms with Gasteiger partial charge in [0.25, 0.3) is 0 Å². The summed E-state index contributed by atoms with van der Waals surface area (Å²) >= 11 is 0. The molecule has 0 amide bonds.